The summed E-state index contributed by atoms with van der Waals surface area (Å²) in [5, 5.41) is 4.88. The molecule has 1 aromatic rings. The van der Waals surface area contributed by atoms with E-state index in [9.17, 15) is 0 Å². The van der Waals surface area contributed by atoms with Gasteiger partial charge < -0.3 is 5.32 Å². The van der Waals surface area contributed by atoms with Gasteiger partial charge in [-0.1, -0.05) is 30.1 Å². The van der Waals surface area contributed by atoms with Crippen LogP contribution < -0.4 is 5.32 Å². The van der Waals surface area contributed by atoms with Crippen LogP contribution in [0.1, 0.15) is 25.3 Å². The van der Waals surface area contributed by atoms with Gasteiger partial charge in [-0.05, 0) is 55.0 Å². The van der Waals surface area contributed by atoms with Crippen molar-refractivity contribution in [2.75, 3.05) is 6.54 Å². The number of halogens is 2. The van der Waals surface area contributed by atoms with Crippen molar-refractivity contribution in [3.63, 3.8) is 0 Å². The summed E-state index contributed by atoms with van der Waals surface area (Å²) in [6, 6.07) is 5.68. The van der Waals surface area contributed by atoms with Crippen LogP contribution in [-0.4, -0.2) is 6.54 Å². The van der Waals surface area contributed by atoms with Crippen LogP contribution in [0.4, 0.5) is 0 Å². The van der Waals surface area contributed by atoms with E-state index in [1.807, 2.05) is 12.1 Å². The molecule has 1 atom stereocenters. The molecule has 0 aromatic heterocycles. The molecule has 1 aliphatic carbocycles. The van der Waals surface area contributed by atoms with Gasteiger partial charge in [0.25, 0.3) is 0 Å². The second-order valence-electron chi connectivity index (χ2n) is 4.72. The Hall–Kier alpha value is -0.240. The fourth-order valence-electron chi connectivity index (χ4n) is 1.99. The van der Waals surface area contributed by atoms with E-state index in [2.05, 4.69) is 12.2 Å². The molecule has 1 nitrogen and oxygen atoms in total. The Morgan fingerprint density at radius 2 is 1.88 bits per heavy atom. The molecular weight excluding hydrogens is 241 g/mol. The molecule has 0 radical (unpaired) electrons. The van der Waals surface area contributed by atoms with E-state index in [1.165, 1.54) is 12.8 Å². The predicted molar refractivity (Wildman–Crippen MR) is 70.1 cm³/mol. The molecular formula is C13H17Cl2N. The molecule has 1 aliphatic rings. The van der Waals surface area contributed by atoms with Crippen molar-refractivity contribution in [3.05, 3.63) is 33.8 Å². The van der Waals surface area contributed by atoms with Gasteiger partial charge in [0.15, 0.2) is 0 Å². The Morgan fingerprint density at radius 3 is 2.44 bits per heavy atom. The van der Waals surface area contributed by atoms with Crippen molar-refractivity contribution in [3.8, 4) is 0 Å². The maximum absolute atomic E-state index is 5.94. The quantitative estimate of drug-likeness (QED) is 0.837. The number of nitrogens with one attached hydrogen (secondary N) is 1. The first-order chi connectivity index (χ1) is 7.65. The fraction of sp³-hybridized carbons (Fsp3) is 0.538. The van der Waals surface area contributed by atoms with Gasteiger partial charge >= 0.3 is 0 Å². The third kappa shape index (κ3) is 3.65. The van der Waals surface area contributed by atoms with Crippen LogP contribution in [0, 0.1) is 11.8 Å². The van der Waals surface area contributed by atoms with Gasteiger partial charge in [0.05, 0.1) is 0 Å². The predicted octanol–water partition coefficient (Wildman–Crippen LogP) is 4.13. The van der Waals surface area contributed by atoms with Gasteiger partial charge in [-0.15, -0.1) is 0 Å². The Kier molecular flexibility index (Phi) is 4.12. The standard InChI is InChI=1S/C13H17Cl2N/c1-9(11-2-3-11)7-16-8-10-4-12(14)6-13(15)5-10/h4-6,9,11,16H,2-3,7-8H2,1H3. The van der Waals surface area contributed by atoms with E-state index in [0.29, 0.717) is 10.0 Å². The molecule has 1 N–H and O–H groups in total. The molecule has 16 heavy (non-hydrogen) atoms. The van der Waals surface area contributed by atoms with Crippen LogP contribution in [0.25, 0.3) is 0 Å². The molecule has 1 saturated carbocycles. The highest BCUT2D eigenvalue weighted by Gasteiger charge is 2.27. The molecule has 0 bridgehead atoms. The van der Waals surface area contributed by atoms with Crippen molar-refractivity contribution in [2.45, 2.75) is 26.3 Å². The van der Waals surface area contributed by atoms with E-state index in [1.54, 1.807) is 6.07 Å². The topological polar surface area (TPSA) is 12.0 Å². The summed E-state index contributed by atoms with van der Waals surface area (Å²) in [7, 11) is 0. The molecule has 2 rings (SSSR count). The largest absolute Gasteiger partial charge is 0.312 e. The van der Waals surface area contributed by atoms with Crippen molar-refractivity contribution in [1.29, 1.82) is 0 Å². The van der Waals surface area contributed by atoms with Gasteiger partial charge in [-0.25, -0.2) is 0 Å². The van der Waals surface area contributed by atoms with Gasteiger partial charge in [0.1, 0.15) is 0 Å². The molecule has 0 spiro atoms. The van der Waals surface area contributed by atoms with Crippen molar-refractivity contribution in [1.82, 2.24) is 5.32 Å². The van der Waals surface area contributed by atoms with Gasteiger partial charge in [-0.2, -0.15) is 0 Å². The normalized spacial score (nSPS) is 17.4. The van der Waals surface area contributed by atoms with E-state index in [0.717, 1.165) is 30.5 Å². The summed E-state index contributed by atoms with van der Waals surface area (Å²) >= 11 is 11.9. The Bertz CT molecular complexity index is 341. The lowest BCUT2D eigenvalue weighted by atomic mass is 10.1. The van der Waals surface area contributed by atoms with Gasteiger partial charge in [0, 0.05) is 16.6 Å². The zero-order valence-corrected chi connectivity index (χ0v) is 11.0. The van der Waals surface area contributed by atoms with Crippen molar-refractivity contribution >= 4 is 23.2 Å². The number of benzene rings is 1. The van der Waals surface area contributed by atoms with Crippen LogP contribution in [0.2, 0.25) is 10.0 Å². The second-order valence-corrected chi connectivity index (χ2v) is 5.60. The minimum Gasteiger partial charge on any atom is -0.312 e. The minimum absolute atomic E-state index is 0.708. The monoisotopic (exact) mass is 257 g/mol. The second kappa shape index (κ2) is 5.39. The number of hydrogen-bond donors (Lipinski definition) is 1. The lowest BCUT2D eigenvalue weighted by Gasteiger charge is -2.11. The summed E-state index contributed by atoms with van der Waals surface area (Å²) < 4.78 is 0. The molecule has 0 amide bonds. The summed E-state index contributed by atoms with van der Waals surface area (Å²) in [5.74, 6) is 1.74. The molecule has 0 aliphatic heterocycles. The van der Waals surface area contributed by atoms with E-state index < -0.39 is 0 Å². The van der Waals surface area contributed by atoms with E-state index >= 15 is 0 Å². The summed E-state index contributed by atoms with van der Waals surface area (Å²) in [6.45, 7) is 4.24. The first kappa shape index (κ1) is 12.2. The maximum atomic E-state index is 5.94. The third-order valence-corrected chi connectivity index (χ3v) is 3.58. The summed E-state index contributed by atoms with van der Waals surface area (Å²) in [5.41, 5.74) is 1.15. The van der Waals surface area contributed by atoms with Crippen LogP contribution in [0.5, 0.6) is 0 Å². The lowest BCUT2D eigenvalue weighted by Crippen LogP contribution is -2.21. The zero-order valence-electron chi connectivity index (χ0n) is 9.47. The molecule has 1 unspecified atom stereocenters. The van der Waals surface area contributed by atoms with Crippen LogP contribution in [-0.2, 0) is 6.54 Å². The van der Waals surface area contributed by atoms with E-state index in [4.69, 9.17) is 23.2 Å². The smallest absolute Gasteiger partial charge is 0.0424 e. The van der Waals surface area contributed by atoms with Gasteiger partial charge in [0.2, 0.25) is 0 Å². The molecule has 88 valence electrons. The average Bonchev–Trinajstić information content (AvgIpc) is 2.98. The van der Waals surface area contributed by atoms with Gasteiger partial charge in [-0.3, -0.25) is 0 Å². The maximum Gasteiger partial charge on any atom is 0.0424 e. The Morgan fingerprint density at radius 1 is 1.25 bits per heavy atom. The van der Waals surface area contributed by atoms with Crippen molar-refractivity contribution in [2.24, 2.45) is 11.8 Å². The average molecular weight is 258 g/mol. The summed E-state index contributed by atoms with van der Waals surface area (Å²) in [6.07, 6.45) is 2.82. The van der Waals surface area contributed by atoms with Crippen LogP contribution >= 0.6 is 23.2 Å². The molecule has 1 fully saturated rings. The Labute approximate surface area is 107 Å². The zero-order chi connectivity index (χ0) is 11.5. The first-order valence-corrected chi connectivity index (χ1v) is 6.56. The highest BCUT2D eigenvalue weighted by atomic mass is 35.5. The number of hydrogen-bond acceptors (Lipinski definition) is 1. The highest BCUT2D eigenvalue weighted by molar-refractivity contribution is 6.34. The fourth-order valence-corrected chi connectivity index (χ4v) is 2.56. The first-order valence-electron chi connectivity index (χ1n) is 5.81. The Balaban J connectivity index is 1.79. The molecule has 0 heterocycles. The highest BCUT2D eigenvalue weighted by Crippen LogP contribution is 2.36. The lowest BCUT2D eigenvalue weighted by molar-refractivity contribution is 0.461. The molecule has 0 saturated heterocycles. The third-order valence-electron chi connectivity index (χ3n) is 3.14. The molecule has 1 aromatic carbocycles. The minimum atomic E-state index is 0.708. The van der Waals surface area contributed by atoms with Crippen LogP contribution in [0.15, 0.2) is 18.2 Å². The SMILES string of the molecule is CC(CNCc1cc(Cl)cc(Cl)c1)C1CC1. The van der Waals surface area contributed by atoms with Crippen molar-refractivity contribution < 1.29 is 0 Å². The van der Waals surface area contributed by atoms with E-state index in [-0.39, 0.29) is 0 Å². The van der Waals surface area contributed by atoms with Crippen LogP contribution in [0.3, 0.4) is 0 Å². The summed E-state index contributed by atoms with van der Waals surface area (Å²) in [4.78, 5) is 0. The molecule has 3 heteroatoms. The number of rotatable bonds is 5.